The molecule has 8 rings (SSSR count). The van der Waals surface area contributed by atoms with E-state index in [1.165, 1.54) is 34.4 Å². The Bertz CT molecular complexity index is 3330. The van der Waals surface area contributed by atoms with Gasteiger partial charge in [-0.05, 0) is 88.4 Å². The number of H-pyrrole nitrogens is 1. The molecule has 0 radical (unpaired) electrons. The zero-order chi connectivity index (χ0) is 59.2. The molecular weight excluding hydrogens is 1080 g/mol. The Morgan fingerprint density at radius 3 is 2.26 bits per heavy atom. The maximum Gasteiger partial charge on any atom is 0.417 e. The zero-order valence-corrected chi connectivity index (χ0v) is 47.7. The summed E-state index contributed by atoms with van der Waals surface area (Å²) in [6.07, 6.45) is -2.82. The Balaban J connectivity index is 0.868. The molecule has 22 heteroatoms. The lowest BCUT2D eigenvalue weighted by molar-refractivity contribution is -0.141. The van der Waals surface area contributed by atoms with Gasteiger partial charge in [-0.2, -0.15) is 13.2 Å². The number of likely N-dealkylation sites (N-methyl/N-ethyl adjacent to an activating group) is 1. The molecule has 2 aliphatic heterocycles. The van der Waals surface area contributed by atoms with Gasteiger partial charge in [-0.3, -0.25) is 33.7 Å². The van der Waals surface area contributed by atoms with Gasteiger partial charge in [-0.15, -0.1) is 11.3 Å². The van der Waals surface area contributed by atoms with Crippen LogP contribution in [0.1, 0.15) is 134 Å². The number of hydrogen-bond donors (Lipinski definition) is 5. The number of nitrogens with one attached hydrogen (secondary N) is 4. The number of unbranched alkanes of at least 4 members (excludes halogenated alkanes) is 3. The molecule has 2 fully saturated rings. The van der Waals surface area contributed by atoms with Crippen LogP contribution in [0.25, 0.3) is 21.6 Å². The van der Waals surface area contributed by atoms with Crippen LogP contribution in [0.15, 0.2) is 93.8 Å². The van der Waals surface area contributed by atoms with Crippen molar-refractivity contribution in [2.45, 2.75) is 129 Å². The van der Waals surface area contributed by atoms with E-state index < -0.39 is 64.6 Å². The van der Waals surface area contributed by atoms with E-state index in [1.807, 2.05) is 70.8 Å². The number of carbonyl (C=O) groups excluding carboxylic acids is 5. The molecule has 0 saturated carbocycles. The molecule has 2 aliphatic rings. The Labute approximate surface area is 476 Å². The van der Waals surface area contributed by atoms with E-state index in [9.17, 15) is 47.0 Å². The van der Waals surface area contributed by atoms with Gasteiger partial charge in [0.2, 0.25) is 23.3 Å². The summed E-state index contributed by atoms with van der Waals surface area (Å²) in [4.78, 5) is 93.8. The lowest BCUT2D eigenvalue weighted by Crippen LogP contribution is -2.55. The molecule has 6 aromatic rings. The number of alkyl halides is 3. The maximum atomic E-state index is 16.0. The molecule has 0 bridgehead atoms. The van der Waals surface area contributed by atoms with E-state index in [0.29, 0.717) is 85.8 Å². The number of aromatic amines is 1. The number of rotatable bonds is 21. The molecule has 0 spiro atoms. The number of halogens is 4. The van der Waals surface area contributed by atoms with E-state index in [2.05, 4.69) is 36.0 Å². The molecule has 3 aromatic carbocycles. The maximum absolute atomic E-state index is 16.0. The Kier molecular flexibility index (Phi) is 19.3. The summed E-state index contributed by atoms with van der Waals surface area (Å²) < 4.78 is 63.5. The van der Waals surface area contributed by atoms with E-state index in [0.717, 1.165) is 22.2 Å². The summed E-state index contributed by atoms with van der Waals surface area (Å²) in [5.74, 6) is -3.90. The Morgan fingerprint density at radius 2 is 1.61 bits per heavy atom. The van der Waals surface area contributed by atoms with Crippen molar-refractivity contribution >= 4 is 52.1 Å². The van der Waals surface area contributed by atoms with Crippen LogP contribution in [0.4, 0.5) is 28.9 Å². The number of hydrogen-bond acceptors (Lipinski definition) is 13. The molecule has 17 nitrogen and oxygen atoms in total. The Hall–Kier alpha value is -7.56. The van der Waals surface area contributed by atoms with E-state index in [4.69, 9.17) is 4.52 Å². The fourth-order valence-corrected chi connectivity index (χ4v) is 11.6. The summed E-state index contributed by atoms with van der Waals surface area (Å²) in [5, 5.41) is 23.3. The van der Waals surface area contributed by atoms with Crippen molar-refractivity contribution in [2.24, 2.45) is 5.92 Å². The first-order chi connectivity index (χ1) is 39.0. The monoisotopic (exact) mass is 1150 g/mol. The van der Waals surface area contributed by atoms with Crippen LogP contribution in [0.2, 0.25) is 0 Å². The molecule has 5 heterocycles. The van der Waals surface area contributed by atoms with Crippen LogP contribution in [0, 0.1) is 25.6 Å². The first-order valence-electron chi connectivity index (χ1n) is 27.5. The second-order valence-corrected chi connectivity index (χ2v) is 22.7. The number of aliphatic hydroxyl groups excluding tert-OH is 1. The number of aliphatic hydroxyl groups is 1. The highest BCUT2D eigenvalue weighted by Crippen LogP contribution is 2.38. The molecule has 0 unspecified atom stereocenters. The SMILES string of the molecule is Cc1cc([C@H](C(=O)N2C[C@H](O)C[C@H]2C(=O)N[C@@H](CC(=O)NCCCCCCC(=O)c2ccc(-c3ccc(N4C[C@@H](C)N(C)[C@@H](C)C4)c(NC(=O)c4c[nH]c(=O)cc4C(F)(F)F)c3)c(F)c2)c2ccc(-c3scnc3C)cc2)C(C)C)on1. The second-order valence-electron chi connectivity index (χ2n) is 21.9. The van der Waals surface area contributed by atoms with Gasteiger partial charge >= 0.3 is 6.18 Å². The van der Waals surface area contributed by atoms with Gasteiger partial charge in [0.05, 0.1) is 62.8 Å². The lowest BCUT2D eigenvalue weighted by Gasteiger charge is -2.44. The van der Waals surface area contributed by atoms with Crippen molar-refractivity contribution in [3.63, 3.8) is 0 Å². The quantitative estimate of drug-likeness (QED) is 0.0258. The van der Waals surface area contributed by atoms with Gasteiger partial charge in [0.15, 0.2) is 5.78 Å². The number of Topliss-reactive ketones (excluding diaryl/α,β-unsaturated/α-hetero) is 1. The molecule has 0 aliphatic carbocycles. The number of likely N-dealkylation sites (tertiary alicyclic amines) is 1. The number of thiazole rings is 1. The molecule has 5 N–H and O–H groups in total. The third-order valence-electron chi connectivity index (χ3n) is 15.5. The number of carbonyl (C=O) groups is 5. The zero-order valence-electron chi connectivity index (χ0n) is 46.9. The highest BCUT2D eigenvalue weighted by molar-refractivity contribution is 7.13. The summed E-state index contributed by atoms with van der Waals surface area (Å²) in [6.45, 7) is 12.8. The van der Waals surface area contributed by atoms with Crippen molar-refractivity contribution in [3.05, 3.63) is 140 Å². The predicted molar refractivity (Wildman–Crippen MR) is 304 cm³/mol. The van der Waals surface area contributed by atoms with Gasteiger partial charge in [0, 0.05) is 80.6 Å². The predicted octanol–water partition coefficient (Wildman–Crippen LogP) is 9.61. The molecule has 2 saturated heterocycles. The van der Waals surface area contributed by atoms with Crippen molar-refractivity contribution < 1.29 is 51.2 Å². The van der Waals surface area contributed by atoms with E-state index >= 15 is 4.39 Å². The number of anilines is 2. The third kappa shape index (κ3) is 14.4. The van der Waals surface area contributed by atoms with Gasteiger partial charge in [0.1, 0.15) is 23.5 Å². The second kappa shape index (κ2) is 26.1. The topological polar surface area (TPSA) is 223 Å². The number of nitrogens with zero attached hydrogens (tertiary/aromatic N) is 5. The summed E-state index contributed by atoms with van der Waals surface area (Å²) >= 11 is 1.50. The van der Waals surface area contributed by atoms with Crippen molar-refractivity contribution in [3.8, 4) is 21.6 Å². The van der Waals surface area contributed by atoms with Gasteiger partial charge in [0.25, 0.3) is 5.91 Å². The highest BCUT2D eigenvalue weighted by atomic mass is 32.1. The van der Waals surface area contributed by atoms with Crippen molar-refractivity contribution in [1.29, 1.82) is 0 Å². The van der Waals surface area contributed by atoms with E-state index in [-0.39, 0.29) is 78.2 Å². The Morgan fingerprint density at radius 1 is 0.902 bits per heavy atom. The van der Waals surface area contributed by atoms with Crippen molar-refractivity contribution in [2.75, 3.05) is 43.4 Å². The molecule has 6 atom stereocenters. The molecule has 4 amide bonds. The van der Waals surface area contributed by atoms with Crippen LogP contribution in [0.3, 0.4) is 0 Å². The van der Waals surface area contributed by atoms with Crippen molar-refractivity contribution in [1.82, 2.24) is 35.6 Å². The van der Waals surface area contributed by atoms with Crippen LogP contribution < -0.4 is 26.4 Å². The summed E-state index contributed by atoms with van der Waals surface area (Å²) in [5.41, 5.74) is 2.78. The normalized spacial score (nSPS) is 18.4. The number of aryl methyl sites for hydroxylation is 2. The average Bonchev–Trinajstić information content (AvgIpc) is 3.84. The fourth-order valence-electron chi connectivity index (χ4n) is 10.8. The minimum absolute atomic E-state index is 0.0116. The summed E-state index contributed by atoms with van der Waals surface area (Å²) in [6, 6.07) is 16.8. The van der Waals surface area contributed by atoms with Gasteiger partial charge in [-0.25, -0.2) is 9.37 Å². The number of benzene rings is 3. The standard InChI is InChI=1S/C60H69F4N9O8S/c1-33(2)55(52-22-34(3)70-81-52)59(80)73-31-42(74)25-50(73)58(79)68-47(38-13-15-39(16-14-38)56-37(6)67-32-82-56)27-54(77)65-21-11-9-8-10-12-51(75)41-17-19-43(46(61)23-41)40-18-20-49(72-29-35(4)71(7)36(5)30-72)48(24-40)69-57(78)44-28-66-53(76)26-45(44)60(62,63)64/h13-20,22-24,26,28,32-33,35-36,42,47,50,55,74H,8-12,21,25,27,29-31H2,1-7H3,(H,65,77)(H,66,76)(H,68,79)(H,69,78)/t35-,36+,42-,47+,50+,55-/m1/s1. The molecule has 3 aromatic heterocycles. The number of pyridine rings is 1. The molecular formula is C60H69F4N9O8S. The van der Waals surface area contributed by atoms with Crippen LogP contribution in [-0.2, 0) is 20.6 Å². The number of amides is 4. The minimum Gasteiger partial charge on any atom is -0.391 e. The smallest absolute Gasteiger partial charge is 0.391 e. The van der Waals surface area contributed by atoms with Crippen LogP contribution in [-0.4, -0.2) is 117 Å². The molecule has 436 valence electrons. The number of ketones is 1. The van der Waals surface area contributed by atoms with Gasteiger partial charge < -0.3 is 40.4 Å². The fraction of sp³-hybridized carbons (Fsp3) is 0.433. The highest BCUT2D eigenvalue weighted by Gasteiger charge is 2.44. The average molecular weight is 1150 g/mol. The molecule has 82 heavy (non-hydrogen) atoms. The third-order valence-corrected chi connectivity index (χ3v) is 16.4. The number of piperazine rings is 1. The first kappa shape index (κ1) is 60.5. The first-order valence-corrected chi connectivity index (χ1v) is 28.4. The lowest BCUT2D eigenvalue weighted by atomic mass is 9.91. The van der Waals surface area contributed by atoms with Crippen LogP contribution in [0.5, 0.6) is 0 Å². The largest absolute Gasteiger partial charge is 0.417 e. The summed E-state index contributed by atoms with van der Waals surface area (Å²) in [7, 11) is 1.99. The van der Waals surface area contributed by atoms with Crippen LogP contribution >= 0.6 is 11.3 Å². The minimum atomic E-state index is -5.00. The number of β-amino-alcohol motifs (C(OH)–C–C–N with tert-alkyl or cyclic N) is 1. The van der Waals surface area contributed by atoms with E-state index in [1.54, 1.807) is 30.6 Å². The number of aromatic nitrogens is 3. The van der Waals surface area contributed by atoms with Gasteiger partial charge in [-0.1, -0.05) is 74.3 Å².